The molecule has 9 heteroatoms. The zero-order chi connectivity index (χ0) is 24.5. The molecule has 2 aromatic heterocycles. The van der Waals surface area contributed by atoms with Gasteiger partial charge in [0.1, 0.15) is 11.3 Å². The summed E-state index contributed by atoms with van der Waals surface area (Å²) in [4.78, 5) is 28.8. The van der Waals surface area contributed by atoms with E-state index in [9.17, 15) is 9.18 Å². The summed E-state index contributed by atoms with van der Waals surface area (Å²) in [5, 5.41) is 3.82. The lowest BCUT2D eigenvalue weighted by Gasteiger charge is -2.40. The number of oxazole rings is 1. The zero-order valence-corrected chi connectivity index (χ0v) is 20.2. The van der Waals surface area contributed by atoms with Gasteiger partial charge in [0.2, 0.25) is 0 Å². The summed E-state index contributed by atoms with van der Waals surface area (Å²) in [7, 11) is 0. The molecule has 0 aliphatic carbocycles. The Morgan fingerprint density at radius 1 is 1.26 bits per heavy atom. The van der Waals surface area contributed by atoms with Gasteiger partial charge < -0.3 is 14.6 Å². The van der Waals surface area contributed by atoms with Crippen molar-refractivity contribution in [3.8, 4) is 11.4 Å². The Morgan fingerprint density at radius 3 is 2.86 bits per heavy atom. The average molecular weight is 494 g/mol. The number of nitrogens with zero attached hydrogens (tertiary/aromatic N) is 4. The van der Waals surface area contributed by atoms with Crippen molar-refractivity contribution in [3.63, 3.8) is 0 Å². The molecule has 1 aliphatic rings. The number of amides is 1. The minimum atomic E-state index is -0.463. The fraction of sp³-hybridized carbons (Fsp3) is 0.308. The highest BCUT2D eigenvalue weighted by Crippen LogP contribution is 2.31. The molecule has 0 spiro atoms. The van der Waals surface area contributed by atoms with E-state index in [4.69, 9.17) is 16.0 Å². The molecule has 5 rings (SSSR count). The van der Waals surface area contributed by atoms with Crippen LogP contribution in [-0.4, -0.2) is 44.9 Å². The quantitative estimate of drug-likeness (QED) is 0.381. The summed E-state index contributed by atoms with van der Waals surface area (Å²) >= 11 is 6.05. The van der Waals surface area contributed by atoms with Crippen LogP contribution in [0.2, 0.25) is 5.02 Å². The number of fused-ring (bicyclic) bond motifs is 1. The molecule has 1 amide bonds. The largest absolute Gasteiger partial charge is 0.424 e. The van der Waals surface area contributed by atoms with Gasteiger partial charge in [-0.1, -0.05) is 18.5 Å². The molecule has 7 nitrogen and oxygen atoms in total. The molecule has 4 aromatic rings. The van der Waals surface area contributed by atoms with E-state index in [-0.39, 0.29) is 23.4 Å². The number of hydrogen-bond donors (Lipinski definition) is 1. The first-order chi connectivity index (χ1) is 16.9. The number of aryl methyl sites for hydroxylation is 1. The highest BCUT2D eigenvalue weighted by Gasteiger charge is 2.34. The highest BCUT2D eigenvalue weighted by atomic mass is 35.5. The Labute approximate surface area is 207 Å². The van der Waals surface area contributed by atoms with E-state index >= 15 is 0 Å². The van der Waals surface area contributed by atoms with Crippen LogP contribution in [0.5, 0.6) is 0 Å². The number of halogens is 2. The van der Waals surface area contributed by atoms with Gasteiger partial charge >= 0.3 is 0 Å². The molecule has 2 atom stereocenters. The van der Waals surface area contributed by atoms with Crippen molar-refractivity contribution in [1.82, 2.24) is 19.9 Å². The summed E-state index contributed by atoms with van der Waals surface area (Å²) in [6.45, 7) is 4.90. The Bertz CT molecular complexity index is 1380. The third kappa shape index (κ3) is 4.71. The standard InChI is InChI=1S/C26H25ClFN5O2/c1-15-5-3-10-33(21(15)14-31-26-32-20-7-6-17(27)12-22(20)35-26)25(34)19-13-18(28)11-16(2)23(19)24-29-8-4-9-30-24/h4,6-9,11-13,15,21H,3,5,10,14H2,1-2H3,(H,31,32)/t15-,21-/m1/s1. The minimum absolute atomic E-state index is 0.136. The maximum absolute atomic E-state index is 14.5. The number of anilines is 1. The smallest absolute Gasteiger partial charge is 0.295 e. The lowest BCUT2D eigenvalue weighted by molar-refractivity contribution is 0.0539. The highest BCUT2D eigenvalue weighted by molar-refractivity contribution is 6.31. The lowest BCUT2D eigenvalue weighted by Crippen LogP contribution is -2.51. The summed E-state index contributed by atoms with van der Waals surface area (Å²) < 4.78 is 20.3. The first-order valence-corrected chi connectivity index (χ1v) is 12.0. The molecule has 35 heavy (non-hydrogen) atoms. The maximum atomic E-state index is 14.5. The number of carbonyl (C=O) groups excluding carboxylic acids is 1. The summed E-state index contributed by atoms with van der Waals surface area (Å²) in [6.07, 6.45) is 5.08. The SMILES string of the molecule is Cc1cc(F)cc(C(=O)N2CCC[C@@H](C)[C@H]2CNc2nc3ccc(Cl)cc3o2)c1-c1ncccn1. The number of nitrogens with one attached hydrogen (secondary N) is 1. The van der Waals surface area contributed by atoms with Crippen LogP contribution in [0.25, 0.3) is 22.5 Å². The van der Waals surface area contributed by atoms with Crippen molar-refractivity contribution in [1.29, 1.82) is 0 Å². The van der Waals surface area contributed by atoms with Crippen molar-refractivity contribution < 1.29 is 13.6 Å². The van der Waals surface area contributed by atoms with Gasteiger partial charge in [-0.25, -0.2) is 14.4 Å². The van der Waals surface area contributed by atoms with Gasteiger partial charge in [-0.15, -0.1) is 0 Å². The second kappa shape index (κ2) is 9.62. The molecule has 1 fully saturated rings. The number of aromatic nitrogens is 3. The van der Waals surface area contributed by atoms with Crippen LogP contribution in [0.4, 0.5) is 10.4 Å². The number of likely N-dealkylation sites (tertiary alicyclic amines) is 1. The predicted molar refractivity (Wildman–Crippen MR) is 133 cm³/mol. The average Bonchev–Trinajstić information content (AvgIpc) is 3.24. The Morgan fingerprint density at radius 2 is 2.06 bits per heavy atom. The number of rotatable bonds is 5. The Balaban J connectivity index is 1.44. The van der Waals surface area contributed by atoms with E-state index in [1.54, 1.807) is 43.6 Å². The van der Waals surface area contributed by atoms with Crippen LogP contribution >= 0.6 is 11.6 Å². The third-order valence-corrected chi connectivity index (χ3v) is 6.74. The molecule has 1 aliphatic heterocycles. The van der Waals surface area contributed by atoms with Crippen LogP contribution in [0.3, 0.4) is 0 Å². The van der Waals surface area contributed by atoms with Crippen LogP contribution < -0.4 is 5.32 Å². The van der Waals surface area contributed by atoms with Crippen molar-refractivity contribution in [2.45, 2.75) is 32.7 Å². The Hall–Kier alpha value is -3.52. The van der Waals surface area contributed by atoms with Crippen LogP contribution in [0.1, 0.15) is 35.7 Å². The monoisotopic (exact) mass is 493 g/mol. The van der Waals surface area contributed by atoms with E-state index < -0.39 is 5.82 Å². The third-order valence-electron chi connectivity index (χ3n) is 6.51. The van der Waals surface area contributed by atoms with E-state index in [0.717, 1.165) is 12.8 Å². The van der Waals surface area contributed by atoms with Gasteiger partial charge in [-0.05, 0) is 61.6 Å². The van der Waals surface area contributed by atoms with Crippen molar-refractivity contribution >= 4 is 34.6 Å². The summed E-state index contributed by atoms with van der Waals surface area (Å²) in [6, 6.07) is 9.90. The number of hydrogen-bond acceptors (Lipinski definition) is 6. The van der Waals surface area contributed by atoms with Gasteiger partial charge in [0, 0.05) is 42.1 Å². The number of benzene rings is 2. The molecule has 1 saturated heterocycles. The topological polar surface area (TPSA) is 84.2 Å². The molecule has 1 N–H and O–H groups in total. The second-order valence-corrected chi connectivity index (χ2v) is 9.35. The molecular formula is C26H25ClFN5O2. The van der Waals surface area contributed by atoms with Gasteiger partial charge in [0.25, 0.3) is 11.9 Å². The van der Waals surface area contributed by atoms with Crippen molar-refractivity contribution in [2.75, 3.05) is 18.4 Å². The number of piperidine rings is 1. The maximum Gasteiger partial charge on any atom is 0.295 e. The van der Waals surface area contributed by atoms with E-state index in [1.807, 2.05) is 4.90 Å². The first kappa shape index (κ1) is 23.2. The predicted octanol–water partition coefficient (Wildman–Crippen LogP) is 5.74. The first-order valence-electron chi connectivity index (χ1n) is 11.6. The molecular weight excluding hydrogens is 469 g/mol. The Kier molecular flexibility index (Phi) is 6.38. The summed E-state index contributed by atoms with van der Waals surface area (Å²) in [5.41, 5.74) is 2.73. The van der Waals surface area contributed by atoms with Gasteiger partial charge in [0.15, 0.2) is 11.4 Å². The number of carbonyl (C=O) groups is 1. The fourth-order valence-corrected chi connectivity index (χ4v) is 4.93. The van der Waals surface area contributed by atoms with Gasteiger partial charge in [-0.2, -0.15) is 4.98 Å². The zero-order valence-electron chi connectivity index (χ0n) is 19.5. The molecule has 0 bridgehead atoms. The molecule has 180 valence electrons. The van der Waals surface area contributed by atoms with Crippen LogP contribution in [0.15, 0.2) is 53.2 Å². The van der Waals surface area contributed by atoms with Crippen molar-refractivity contribution in [2.24, 2.45) is 5.92 Å². The lowest BCUT2D eigenvalue weighted by atomic mass is 9.89. The fourth-order valence-electron chi connectivity index (χ4n) is 4.77. The molecule has 2 aromatic carbocycles. The van der Waals surface area contributed by atoms with E-state index in [0.29, 0.717) is 52.2 Å². The van der Waals surface area contributed by atoms with Crippen LogP contribution in [0, 0.1) is 18.7 Å². The minimum Gasteiger partial charge on any atom is -0.424 e. The molecule has 0 saturated carbocycles. The van der Waals surface area contributed by atoms with Crippen molar-refractivity contribution in [3.05, 3.63) is 70.8 Å². The molecule has 3 heterocycles. The normalized spacial score (nSPS) is 18.1. The van der Waals surface area contributed by atoms with Gasteiger partial charge in [-0.3, -0.25) is 4.79 Å². The van der Waals surface area contributed by atoms with Gasteiger partial charge in [0.05, 0.1) is 11.6 Å². The second-order valence-electron chi connectivity index (χ2n) is 8.92. The molecule has 0 unspecified atom stereocenters. The van der Waals surface area contributed by atoms with E-state index in [2.05, 4.69) is 27.2 Å². The molecule has 0 radical (unpaired) electrons. The summed E-state index contributed by atoms with van der Waals surface area (Å²) in [5.74, 6) is -0.0727. The van der Waals surface area contributed by atoms with Crippen LogP contribution in [-0.2, 0) is 0 Å². The van der Waals surface area contributed by atoms with E-state index in [1.165, 1.54) is 12.1 Å².